The molecule has 0 aliphatic carbocycles. The Labute approximate surface area is 131 Å². The molecular formula is C14H9Br2F3O. The molecule has 2 rings (SSSR count). The van der Waals surface area contributed by atoms with Crippen LogP contribution in [0.15, 0.2) is 45.3 Å². The second kappa shape index (κ2) is 5.77. The molecular weight excluding hydrogens is 401 g/mol. The summed E-state index contributed by atoms with van der Waals surface area (Å²) in [7, 11) is 0. The molecule has 20 heavy (non-hydrogen) atoms. The second-order valence-corrected chi connectivity index (χ2v) is 5.98. The Hall–Kier alpha value is -1.01. The number of hydrogen-bond donors (Lipinski definition) is 0. The van der Waals surface area contributed by atoms with Gasteiger partial charge >= 0.3 is 6.18 Å². The lowest BCUT2D eigenvalue weighted by Gasteiger charge is -2.15. The van der Waals surface area contributed by atoms with E-state index in [1.54, 1.807) is 25.1 Å². The Kier molecular flexibility index (Phi) is 4.44. The highest BCUT2D eigenvalue weighted by atomic mass is 79.9. The van der Waals surface area contributed by atoms with Gasteiger partial charge in [0.1, 0.15) is 11.5 Å². The predicted octanol–water partition coefficient (Wildman–Crippen LogP) is 6.33. The molecule has 2 aromatic carbocycles. The minimum atomic E-state index is -4.47. The minimum absolute atomic E-state index is 0.220. The van der Waals surface area contributed by atoms with Gasteiger partial charge in [-0.1, -0.05) is 37.9 Å². The number of benzene rings is 2. The molecule has 106 valence electrons. The Balaban J connectivity index is 2.46. The molecule has 0 amide bonds. The molecule has 0 aromatic heterocycles. The van der Waals surface area contributed by atoms with Crippen molar-refractivity contribution in [3.8, 4) is 11.5 Å². The van der Waals surface area contributed by atoms with E-state index in [9.17, 15) is 13.2 Å². The van der Waals surface area contributed by atoms with E-state index >= 15 is 0 Å². The summed E-state index contributed by atoms with van der Waals surface area (Å²) in [6, 6.07) is 9.02. The van der Waals surface area contributed by atoms with Crippen LogP contribution in [-0.2, 0) is 6.18 Å². The van der Waals surface area contributed by atoms with Crippen LogP contribution in [0.1, 0.15) is 11.1 Å². The average Bonchev–Trinajstić information content (AvgIpc) is 2.34. The second-order valence-electron chi connectivity index (χ2n) is 4.15. The molecule has 0 bridgehead atoms. The standard InChI is InChI=1S/C14H9Br2F3O/c1-8-2-3-10(16)7-13(8)20-12-5-4-9(15)6-11(12)14(17,18)19/h2-7H,1H3. The normalized spacial score (nSPS) is 11.5. The van der Waals surface area contributed by atoms with Crippen LogP contribution >= 0.6 is 31.9 Å². The van der Waals surface area contributed by atoms with E-state index in [0.717, 1.165) is 16.1 Å². The molecule has 0 heterocycles. The van der Waals surface area contributed by atoms with Gasteiger partial charge in [0, 0.05) is 8.95 Å². The third-order valence-electron chi connectivity index (χ3n) is 2.62. The highest BCUT2D eigenvalue weighted by Gasteiger charge is 2.34. The molecule has 2 aromatic rings. The van der Waals surface area contributed by atoms with Gasteiger partial charge in [0.15, 0.2) is 0 Å². The van der Waals surface area contributed by atoms with Gasteiger partial charge in [-0.25, -0.2) is 0 Å². The Morgan fingerprint density at radius 3 is 2.15 bits per heavy atom. The van der Waals surface area contributed by atoms with E-state index in [1.807, 2.05) is 0 Å². The van der Waals surface area contributed by atoms with Crippen molar-refractivity contribution in [2.24, 2.45) is 0 Å². The summed E-state index contributed by atoms with van der Waals surface area (Å²) in [5, 5.41) is 0. The first-order chi connectivity index (χ1) is 9.27. The summed E-state index contributed by atoms with van der Waals surface area (Å²) >= 11 is 6.31. The van der Waals surface area contributed by atoms with Gasteiger partial charge in [-0.3, -0.25) is 0 Å². The molecule has 0 fully saturated rings. The first-order valence-electron chi connectivity index (χ1n) is 5.58. The zero-order valence-electron chi connectivity index (χ0n) is 10.3. The monoisotopic (exact) mass is 408 g/mol. The largest absolute Gasteiger partial charge is 0.456 e. The van der Waals surface area contributed by atoms with E-state index in [2.05, 4.69) is 31.9 Å². The molecule has 6 heteroatoms. The minimum Gasteiger partial charge on any atom is -0.456 e. The maximum Gasteiger partial charge on any atom is 0.420 e. The van der Waals surface area contributed by atoms with Gasteiger partial charge in [-0.15, -0.1) is 0 Å². The summed E-state index contributed by atoms with van der Waals surface area (Å²) in [5.41, 5.74) is -0.0597. The molecule has 0 N–H and O–H groups in total. The van der Waals surface area contributed by atoms with Crippen LogP contribution in [0, 0.1) is 6.92 Å². The Morgan fingerprint density at radius 1 is 0.900 bits per heavy atom. The van der Waals surface area contributed by atoms with Crippen molar-refractivity contribution in [3.05, 3.63) is 56.5 Å². The molecule has 0 spiro atoms. The SMILES string of the molecule is Cc1ccc(Br)cc1Oc1ccc(Br)cc1C(F)(F)F. The fourth-order valence-electron chi connectivity index (χ4n) is 1.62. The maximum absolute atomic E-state index is 13.0. The lowest BCUT2D eigenvalue weighted by atomic mass is 10.2. The Morgan fingerprint density at radius 2 is 1.50 bits per heavy atom. The van der Waals surface area contributed by atoms with Crippen molar-refractivity contribution >= 4 is 31.9 Å². The quantitative estimate of drug-likeness (QED) is 0.563. The summed E-state index contributed by atoms with van der Waals surface area (Å²) in [4.78, 5) is 0. The number of hydrogen-bond acceptors (Lipinski definition) is 1. The third-order valence-corrected chi connectivity index (χ3v) is 3.60. The van der Waals surface area contributed by atoms with Crippen LogP contribution in [0.3, 0.4) is 0 Å². The lowest BCUT2D eigenvalue weighted by Crippen LogP contribution is -2.07. The molecule has 1 nitrogen and oxygen atoms in total. The van der Waals surface area contributed by atoms with Crippen LogP contribution in [0.5, 0.6) is 11.5 Å². The summed E-state index contributed by atoms with van der Waals surface area (Å²) < 4.78 is 45.5. The predicted molar refractivity (Wildman–Crippen MR) is 78.1 cm³/mol. The first-order valence-corrected chi connectivity index (χ1v) is 7.17. The van der Waals surface area contributed by atoms with Gasteiger partial charge in [0.25, 0.3) is 0 Å². The topological polar surface area (TPSA) is 9.23 Å². The average molecular weight is 410 g/mol. The van der Waals surface area contributed by atoms with Gasteiger partial charge in [0.2, 0.25) is 0 Å². The van der Waals surface area contributed by atoms with E-state index in [-0.39, 0.29) is 5.75 Å². The zero-order valence-corrected chi connectivity index (χ0v) is 13.4. The van der Waals surface area contributed by atoms with Crippen molar-refractivity contribution in [2.75, 3.05) is 0 Å². The van der Waals surface area contributed by atoms with Gasteiger partial charge in [-0.05, 0) is 42.8 Å². The summed E-state index contributed by atoms with van der Waals surface area (Å²) in [6.45, 7) is 1.77. The molecule has 0 aliphatic heterocycles. The zero-order chi connectivity index (χ0) is 14.9. The van der Waals surface area contributed by atoms with Crippen molar-refractivity contribution in [2.45, 2.75) is 13.1 Å². The van der Waals surface area contributed by atoms with Crippen molar-refractivity contribution in [1.29, 1.82) is 0 Å². The van der Waals surface area contributed by atoms with Crippen LogP contribution in [0.4, 0.5) is 13.2 Å². The molecule has 0 unspecified atom stereocenters. The summed E-state index contributed by atoms with van der Waals surface area (Å²) in [6.07, 6.45) is -4.47. The van der Waals surface area contributed by atoms with Crippen LogP contribution < -0.4 is 4.74 Å². The van der Waals surface area contributed by atoms with Gasteiger partial charge < -0.3 is 4.74 Å². The van der Waals surface area contributed by atoms with Crippen molar-refractivity contribution < 1.29 is 17.9 Å². The van der Waals surface area contributed by atoms with E-state index in [0.29, 0.717) is 10.2 Å². The molecule has 0 saturated heterocycles. The van der Waals surface area contributed by atoms with Crippen LogP contribution in [0.25, 0.3) is 0 Å². The van der Waals surface area contributed by atoms with Crippen molar-refractivity contribution in [3.63, 3.8) is 0 Å². The van der Waals surface area contributed by atoms with Gasteiger partial charge in [-0.2, -0.15) is 13.2 Å². The van der Waals surface area contributed by atoms with E-state index < -0.39 is 11.7 Å². The molecule has 0 saturated carbocycles. The number of halogens is 5. The number of ether oxygens (including phenoxy) is 1. The molecule has 0 aliphatic rings. The smallest absolute Gasteiger partial charge is 0.420 e. The van der Waals surface area contributed by atoms with Crippen molar-refractivity contribution in [1.82, 2.24) is 0 Å². The fourth-order valence-corrected chi connectivity index (χ4v) is 2.32. The van der Waals surface area contributed by atoms with Crippen LogP contribution in [-0.4, -0.2) is 0 Å². The van der Waals surface area contributed by atoms with E-state index in [1.165, 1.54) is 12.1 Å². The first kappa shape index (κ1) is 15.4. The van der Waals surface area contributed by atoms with Gasteiger partial charge in [0.05, 0.1) is 5.56 Å². The number of alkyl halides is 3. The fraction of sp³-hybridized carbons (Fsp3) is 0.143. The highest BCUT2D eigenvalue weighted by Crippen LogP contribution is 2.40. The number of rotatable bonds is 2. The molecule has 0 atom stereocenters. The maximum atomic E-state index is 13.0. The van der Waals surface area contributed by atoms with Crippen LogP contribution in [0.2, 0.25) is 0 Å². The molecule has 0 radical (unpaired) electrons. The third kappa shape index (κ3) is 3.55. The highest BCUT2D eigenvalue weighted by molar-refractivity contribution is 9.10. The van der Waals surface area contributed by atoms with E-state index in [4.69, 9.17) is 4.74 Å². The summed E-state index contributed by atoms with van der Waals surface area (Å²) in [5.74, 6) is 0.161. The lowest BCUT2D eigenvalue weighted by molar-refractivity contribution is -0.138. The Bertz CT molecular complexity index is 639. The number of aryl methyl sites for hydroxylation is 1.